The van der Waals surface area contributed by atoms with Crippen molar-refractivity contribution < 1.29 is 4.74 Å². The van der Waals surface area contributed by atoms with E-state index < -0.39 is 0 Å². The molecule has 6 nitrogen and oxygen atoms in total. The third kappa shape index (κ3) is 6.60. The Balaban J connectivity index is 1.71. The third-order valence-electron chi connectivity index (χ3n) is 5.20. The Kier molecular flexibility index (Phi) is 8.19. The van der Waals surface area contributed by atoms with Gasteiger partial charge in [-0.05, 0) is 33.6 Å². The van der Waals surface area contributed by atoms with E-state index >= 15 is 0 Å². The maximum absolute atomic E-state index is 5.53. The van der Waals surface area contributed by atoms with Crippen molar-refractivity contribution in [3.8, 4) is 0 Å². The van der Waals surface area contributed by atoms with Crippen molar-refractivity contribution in [2.75, 3.05) is 53.0 Å². The predicted octanol–water partition coefficient (Wildman–Crippen LogP) is 1.30. The molecule has 2 saturated heterocycles. The van der Waals surface area contributed by atoms with Crippen LogP contribution >= 0.6 is 0 Å². The van der Waals surface area contributed by atoms with Crippen LogP contribution in [0.3, 0.4) is 0 Å². The normalized spacial score (nSPS) is 25.6. The van der Waals surface area contributed by atoms with Gasteiger partial charge in [0.2, 0.25) is 0 Å². The molecular weight excluding hydrogens is 314 g/mol. The van der Waals surface area contributed by atoms with Crippen LogP contribution in [0.4, 0.5) is 0 Å². The van der Waals surface area contributed by atoms with E-state index in [-0.39, 0.29) is 0 Å². The second-order valence-corrected chi connectivity index (χ2v) is 7.62. The number of likely N-dealkylation sites (tertiary alicyclic amines) is 1. The van der Waals surface area contributed by atoms with E-state index in [0.29, 0.717) is 18.1 Å². The molecule has 0 amide bonds. The van der Waals surface area contributed by atoms with Crippen molar-refractivity contribution in [1.82, 2.24) is 20.4 Å². The summed E-state index contributed by atoms with van der Waals surface area (Å²) in [6.07, 6.45) is 2.31. The summed E-state index contributed by atoms with van der Waals surface area (Å²) < 4.78 is 5.53. The van der Waals surface area contributed by atoms with Gasteiger partial charge in [-0.1, -0.05) is 12.2 Å². The lowest BCUT2D eigenvalue weighted by atomic mass is 10.0. The molecule has 6 heteroatoms. The minimum atomic E-state index is 0.467. The lowest BCUT2D eigenvalue weighted by Gasteiger charge is -2.38. The van der Waals surface area contributed by atoms with Gasteiger partial charge in [0.1, 0.15) is 0 Å². The lowest BCUT2D eigenvalue weighted by Crippen LogP contribution is -2.54. The van der Waals surface area contributed by atoms with E-state index in [1.54, 1.807) is 0 Å². The molecule has 0 spiro atoms. The molecule has 2 aliphatic rings. The van der Waals surface area contributed by atoms with E-state index in [9.17, 15) is 0 Å². The molecule has 2 aliphatic heterocycles. The molecule has 0 radical (unpaired) electrons. The number of rotatable bonds is 6. The van der Waals surface area contributed by atoms with Gasteiger partial charge < -0.3 is 15.4 Å². The minimum Gasteiger partial charge on any atom is -0.379 e. The van der Waals surface area contributed by atoms with Crippen LogP contribution < -0.4 is 10.6 Å². The fourth-order valence-corrected chi connectivity index (χ4v) is 3.76. The number of nitrogens with zero attached hydrogens (tertiary/aromatic N) is 3. The number of ether oxygens (including phenoxy) is 1. The van der Waals surface area contributed by atoms with Gasteiger partial charge in [-0.3, -0.25) is 14.8 Å². The van der Waals surface area contributed by atoms with Crippen LogP contribution in [0.5, 0.6) is 0 Å². The van der Waals surface area contributed by atoms with Crippen molar-refractivity contribution in [1.29, 1.82) is 0 Å². The molecule has 0 aromatic carbocycles. The van der Waals surface area contributed by atoms with Crippen LogP contribution in [0.2, 0.25) is 0 Å². The van der Waals surface area contributed by atoms with E-state index in [1.807, 2.05) is 7.05 Å². The molecule has 0 bridgehead atoms. The molecular formula is C19H37N5O. The highest BCUT2D eigenvalue weighted by molar-refractivity contribution is 5.80. The number of hydrogen-bond acceptors (Lipinski definition) is 4. The topological polar surface area (TPSA) is 52.1 Å². The standard InChI is InChI=1S/C19H37N5O/c1-15(2)13-23-8-6-18(7-9-23)22-19(20-5)21-12-16(3)24-10-11-25-14-17(24)4/h16-18H,1,6-14H2,2-5H3,(H2,20,21,22). The summed E-state index contributed by atoms with van der Waals surface area (Å²) in [4.78, 5) is 9.41. The Morgan fingerprint density at radius 2 is 2.04 bits per heavy atom. The first-order valence-corrected chi connectivity index (χ1v) is 9.67. The third-order valence-corrected chi connectivity index (χ3v) is 5.20. The Morgan fingerprint density at radius 1 is 1.32 bits per heavy atom. The highest BCUT2D eigenvalue weighted by atomic mass is 16.5. The second kappa shape index (κ2) is 10.1. The molecule has 0 aromatic heterocycles. The maximum Gasteiger partial charge on any atom is 0.191 e. The summed E-state index contributed by atoms with van der Waals surface area (Å²) in [7, 11) is 1.85. The molecule has 2 unspecified atom stereocenters. The number of piperidine rings is 1. The van der Waals surface area contributed by atoms with Gasteiger partial charge >= 0.3 is 0 Å². The van der Waals surface area contributed by atoms with E-state index in [4.69, 9.17) is 4.74 Å². The molecule has 2 fully saturated rings. The van der Waals surface area contributed by atoms with Gasteiger partial charge in [-0.25, -0.2) is 0 Å². The monoisotopic (exact) mass is 351 g/mol. The van der Waals surface area contributed by atoms with Crippen molar-refractivity contribution >= 4 is 5.96 Å². The summed E-state index contributed by atoms with van der Waals surface area (Å²) in [6.45, 7) is 17.5. The van der Waals surface area contributed by atoms with Gasteiger partial charge in [-0.2, -0.15) is 0 Å². The van der Waals surface area contributed by atoms with Crippen molar-refractivity contribution in [3.05, 3.63) is 12.2 Å². The lowest BCUT2D eigenvalue weighted by molar-refractivity contribution is -0.0174. The summed E-state index contributed by atoms with van der Waals surface area (Å²) in [6, 6.07) is 1.46. The number of nitrogens with one attached hydrogen (secondary N) is 2. The van der Waals surface area contributed by atoms with Crippen LogP contribution in [0.25, 0.3) is 0 Å². The smallest absolute Gasteiger partial charge is 0.191 e. The first-order valence-electron chi connectivity index (χ1n) is 9.67. The van der Waals surface area contributed by atoms with Crippen molar-refractivity contribution in [2.45, 2.75) is 51.7 Å². The summed E-state index contributed by atoms with van der Waals surface area (Å²) in [5.74, 6) is 0.922. The van der Waals surface area contributed by atoms with Gasteiger partial charge in [0.25, 0.3) is 0 Å². The first-order chi connectivity index (χ1) is 12.0. The second-order valence-electron chi connectivity index (χ2n) is 7.62. The Morgan fingerprint density at radius 3 is 2.64 bits per heavy atom. The molecule has 25 heavy (non-hydrogen) atoms. The Hall–Kier alpha value is -1.11. The fraction of sp³-hybridized carbons (Fsp3) is 0.842. The number of hydrogen-bond donors (Lipinski definition) is 2. The van der Waals surface area contributed by atoms with Gasteiger partial charge in [-0.15, -0.1) is 0 Å². The van der Waals surface area contributed by atoms with Crippen LogP contribution in [-0.4, -0.2) is 86.9 Å². The largest absolute Gasteiger partial charge is 0.379 e. The fourth-order valence-electron chi connectivity index (χ4n) is 3.76. The summed E-state index contributed by atoms with van der Waals surface area (Å²) in [5, 5.41) is 7.10. The highest BCUT2D eigenvalue weighted by Crippen LogP contribution is 2.12. The first kappa shape index (κ1) is 20.2. The zero-order valence-corrected chi connectivity index (χ0v) is 16.6. The van der Waals surface area contributed by atoms with Gasteiger partial charge in [0, 0.05) is 57.9 Å². The Labute approximate surface area is 153 Å². The van der Waals surface area contributed by atoms with Crippen LogP contribution in [0.1, 0.15) is 33.6 Å². The number of aliphatic imine (C=N–C) groups is 1. The van der Waals surface area contributed by atoms with E-state index in [2.05, 4.69) is 52.8 Å². The van der Waals surface area contributed by atoms with Crippen LogP contribution in [0.15, 0.2) is 17.1 Å². The van der Waals surface area contributed by atoms with Crippen molar-refractivity contribution in [2.24, 2.45) is 4.99 Å². The number of guanidine groups is 1. The summed E-state index contributed by atoms with van der Waals surface area (Å²) >= 11 is 0. The zero-order chi connectivity index (χ0) is 18.2. The van der Waals surface area contributed by atoms with E-state index in [1.165, 1.54) is 5.57 Å². The molecule has 2 N–H and O–H groups in total. The zero-order valence-electron chi connectivity index (χ0n) is 16.6. The Bertz CT molecular complexity index is 445. The van der Waals surface area contributed by atoms with Gasteiger partial charge in [0.05, 0.1) is 13.2 Å². The molecule has 0 aromatic rings. The predicted molar refractivity (Wildman–Crippen MR) is 105 cm³/mol. The van der Waals surface area contributed by atoms with E-state index in [0.717, 1.165) is 64.7 Å². The van der Waals surface area contributed by atoms with Crippen molar-refractivity contribution in [3.63, 3.8) is 0 Å². The van der Waals surface area contributed by atoms with Gasteiger partial charge in [0.15, 0.2) is 5.96 Å². The quantitative estimate of drug-likeness (QED) is 0.429. The maximum atomic E-state index is 5.53. The molecule has 2 atom stereocenters. The summed E-state index contributed by atoms with van der Waals surface area (Å²) in [5.41, 5.74) is 1.25. The minimum absolute atomic E-state index is 0.467. The molecule has 0 saturated carbocycles. The highest BCUT2D eigenvalue weighted by Gasteiger charge is 2.24. The SMILES string of the molecule is C=C(C)CN1CCC(NC(=NC)NCC(C)N2CCOCC2C)CC1. The average Bonchev–Trinajstić information content (AvgIpc) is 2.59. The van der Waals surface area contributed by atoms with Crippen LogP contribution in [0, 0.1) is 0 Å². The van der Waals surface area contributed by atoms with Crippen LogP contribution in [-0.2, 0) is 4.74 Å². The molecule has 144 valence electrons. The molecule has 0 aliphatic carbocycles. The number of morpholine rings is 1. The average molecular weight is 352 g/mol. The molecule has 2 rings (SSSR count). The molecule has 2 heterocycles.